The van der Waals surface area contributed by atoms with Gasteiger partial charge in [-0.1, -0.05) is 0 Å². The molecule has 0 amide bonds. The van der Waals surface area contributed by atoms with E-state index in [-0.39, 0.29) is 11.5 Å². The molecule has 4 aliphatic carbocycles. The first-order valence-electron chi connectivity index (χ1n) is 8.21. The molecule has 4 fully saturated rings. The van der Waals surface area contributed by atoms with Crippen molar-refractivity contribution in [2.75, 3.05) is 7.05 Å². The fourth-order valence-corrected chi connectivity index (χ4v) is 6.10. The van der Waals surface area contributed by atoms with Crippen molar-refractivity contribution < 1.29 is 8.78 Å². The first kappa shape index (κ1) is 13.7. The maximum atomic E-state index is 13.6. The molecule has 21 heavy (non-hydrogen) atoms. The molecule has 1 aromatic carbocycles. The minimum absolute atomic E-state index is 0.0797. The molecule has 1 atom stereocenters. The minimum Gasteiger partial charge on any atom is -0.313 e. The van der Waals surface area contributed by atoms with Crippen molar-refractivity contribution >= 4 is 0 Å². The van der Waals surface area contributed by atoms with Crippen LogP contribution in [0.15, 0.2) is 18.2 Å². The van der Waals surface area contributed by atoms with Crippen LogP contribution in [0.1, 0.15) is 50.1 Å². The summed E-state index contributed by atoms with van der Waals surface area (Å²) in [7, 11) is 1.94. The van der Waals surface area contributed by atoms with Crippen molar-refractivity contribution in [1.82, 2.24) is 5.32 Å². The van der Waals surface area contributed by atoms with Gasteiger partial charge in [-0.25, -0.2) is 8.78 Å². The molecule has 114 valence electrons. The third-order valence-electron chi connectivity index (χ3n) is 6.20. The van der Waals surface area contributed by atoms with Gasteiger partial charge < -0.3 is 5.32 Å². The molecule has 0 radical (unpaired) electrons. The van der Waals surface area contributed by atoms with Gasteiger partial charge in [0.2, 0.25) is 0 Å². The molecule has 3 heteroatoms. The molecular weight excluding hydrogens is 268 g/mol. The van der Waals surface area contributed by atoms with Crippen molar-refractivity contribution in [1.29, 1.82) is 0 Å². The average molecular weight is 291 g/mol. The first-order chi connectivity index (χ1) is 10.1. The van der Waals surface area contributed by atoms with Crippen LogP contribution in [0, 0.1) is 34.8 Å². The van der Waals surface area contributed by atoms with Crippen LogP contribution in [0.5, 0.6) is 0 Å². The van der Waals surface area contributed by atoms with E-state index in [1.54, 1.807) is 0 Å². The normalized spacial score (nSPS) is 38.7. The molecule has 0 saturated heterocycles. The summed E-state index contributed by atoms with van der Waals surface area (Å²) in [5.41, 5.74) is 1.00. The third kappa shape index (κ3) is 2.21. The molecular formula is C18H23F2N. The van der Waals surface area contributed by atoms with E-state index in [4.69, 9.17) is 0 Å². The molecule has 0 heterocycles. The number of benzene rings is 1. The van der Waals surface area contributed by atoms with Gasteiger partial charge in [0, 0.05) is 12.1 Å². The Balaban J connectivity index is 1.72. The van der Waals surface area contributed by atoms with Gasteiger partial charge in [0.05, 0.1) is 0 Å². The third-order valence-corrected chi connectivity index (χ3v) is 6.20. The molecule has 0 aromatic heterocycles. The van der Waals surface area contributed by atoms with Gasteiger partial charge in [0.15, 0.2) is 0 Å². The predicted molar refractivity (Wildman–Crippen MR) is 78.8 cm³/mol. The van der Waals surface area contributed by atoms with Crippen LogP contribution in [-0.2, 0) is 0 Å². The molecule has 0 spiro atoms. The monoisotopic (exact) mass is 291 g/mol. The summed E-state index contributed by atoms with van der Waals surface area (Å²) in [5.74, 6) is 1.59. The van der Waals surface area contributed by atoms with E-state index in [2.05, 4.69) is 5.32 Å². The summed E-state index contributed by atoms with van der Waals surface area (Å²) in [6, 6.07) is 4.08. The zero-order valence-corrected chi connectivity index (χ0v) is 12.5. The van der Waals surface area contributed by atoms with Crippen LogP contribution in [0.25, 0.3) is 0 Å². The number of rotatable bonds is 3. The maximum absolute atomic E-state index is 13.6. The van der Waals surface area contributed by atoms with E-state index >= 15 is 0 Å². The number of hydrogen-bond donors (Lipinski definition) is 1. The average Bonchev–Trinajstić information content (AvgIpc) is 2.36. The summed E-state index contributed by atoms with van der Waals surface area (Å²) in [6.07, 6.45) is 7.82. The van der Waals surface area contributed by atoms with Crippen LogP contribution in [-0.4, -0.2) is 7.05 Å². The Hall–Kier alpha value is -0.960. The summed E-state index contributed by atoms with van der Waals surface area (Å²) in [5, 5.41) is 3.40. The summed E-state index contributed by atoms with van der Waals surface area (Å²) in [6.45, 7) is 0. The topological polar surface area (TPSA) is 12.0 Å². The lowest BCUT2D eigenvalue weighted by Crippen LogP contribution is -2.51. The highest BCUT2D eigenvalue weighted by Crippen LogP contribution is 2.63. The van der Waals surface area contributed by atoms with Crippen LogP contribution in [0.3, 0.4) is 0 Å². The van der Waals surface area contributed by atoms with Crippen molar-refractivity contribution in [3.05, 3.63) is 35.4 Å². The van der Waals surface area contributed by atoms with Crippen molar-refractivity contribution in [2.45, 2.75) is 44.6 Å². The highest BCUT2D eigenvalue weighted by atomic mass is 19.1. The van der Waals surface area contributed by atoms with Crippen LogP contribution >= 0.6 is 0 Å². The summed E-state index contributed by atoms with van der Waals surface area (Å²) < 4.78 is 27.3. The predicted octanol–water partition coefficient (Wildman–Crippen LogP) is 4.44. The van der Waals surface area contributed by atoms with E-state index in [0.717, 1.165) is 29.4 Å². The van der Waals surface area contributed by atoms with Crippen molar-refractivity contribution in [2.24, 2.45) is 23.2 Å². The lowest BCUT2D eigenvalue weighted by molar-refractivity contribution is -0.0736. The molecule has 1 unspecified atom stereocenters. The van der Waals surface area contributed by atoms with Crippen LogP contribution in [0.4, 0.5) is 8.78 Å². The van der Waals surface area contributed by atoms with E-state index in [9.17, 15) is 8.78 Å². The molecule has 4 saturated carbocycles. The van der Waals surface area contributed by atoms with Gasteiger partial charge in [-0.15, -0.1) is 0 Å². The fraction of sp³-hybridized carbons (Fsp3) is 0.667. The SMILES string of the molecule is CNC(c1cc(F)cc(F)c1)C12CC3CC(CC(C3)C1)C2. The molecule has 1 N–H and O–H groups in total. The number of nitrogens with one attached hydrogen (secondary N) is 1. The van der Waals surface area contributed by atoms with Crippen LogP contribution < -0.4 is 5.32 Å². The second-order valence-corrected chi connectivity index (χ2v) is 7.70. The van der Waals surface area contributed by atoms with E-state index in [0.29, 0.717) is 0 Å². The van der Waals surface area contributed by atoms with Gasteiger partial charge in [-0.2, -0.15) is 0 Å². The Kier molecular flexibility index (Phi) is 3.11. The van der Waals surface area contributed by atoms with E-state index in [1.807, 2.05) is 7.05 Å². The Morgan fingerprint density at radius 1 is 0.952 bits per heavy atom. The Labute approximate surface area is 125 Å². The molecule has 4 aliphatic rings. The zero-order valence-electron chi connectivity index (χ0n) is 12.5. The smallest absolute Gasteiger partial charge is 0.126 e. The molecule has 0 aliphatic heterocycles. The summed E-state index contributed by atoms with van der Waals surface area (Å²) in [4.78, 5) is 0. The largest absolute Gasteiger partial charge is 0.313 e. The molecule has 4 bridgehead atoms. The second kappa shape index (κ2) is 4.77. The maximum Gasteiger partial charge on any atom is 0.126 e. The lowest BCUT2D eigenvalue weighted by Gasteiger charge is -2.59. The lowest BCUT2D eigenvalue weighted by atomic mass is 9.47. The van der Waals surface area contributed by atoms with Gasteiger partial charge in [0.25, 0.3) is 0 Å². The Morgan fingerprint density at radius 2 is 1.43 bits per heavy atom. The van der Waals surface area contributed by atoms with Gasteiger partial charge >= 0.3 is 0 Å². The number of halogens is 2. The fourth-order valence-electron chi connectivity index (χ4n) is 6.10. The molecule has 1 aromatic rings. The highest BCUT2D eigenvalue weighted by molar-refractivity contribution is 5.25. The molecule has 5 rings (SSSR count). The number of hydrogen-bond acceptors (Lipinski definition) is 1. The van der Waals surface area contributed by atoms with Crippen molar-refractivity contribution in [3.8, 4) is 0 Å². The van der Waals surface area contributed by atoms with E-state index in [1.165, 1.54) is 50.7 Å². The van der Waals surface area contributed by atoms with E-state index < -0.39 is 11.6 Å². The quantitative estimate of drug-likeness (QED) is 0.868. The van der Waals surface area contributed by atoms with Gasteiger partial charge in [-0.3, -0.25) is 0 Å². The molecule has 1 nitrogen and oxygen atoms in total. The second-order valence-electron chi connectivity index (χ2n) is 7.70. The zero-order chi connectivity index (χ0) is 14.6. The van der Waals surface area contributed by atoms with Crippen LogP contribution in [0.2, 0.25) is 0 Å². The standard InChI is InChI=1S/C18H23F2N/c1-21-17(14-5-15(19)7-16(20)6-14)18-8-11-2-12(9-18)4-13(3-11)10-18/h5-7,11-13,17,21H,2-4,8-10H2,1H3. The Morgan fingerprint density at radius 3 is 1.86 bits per heavy atom. The summed E-state index contributed by atoms with van der Waals surface area (Å²) >= 11 is 0. The Bertz CT molecular complexity index is 499. The minimum atomic E-state index is -0.463. The van der Waals surface area contributed by atoms with Gasteiger partial charge in [-0.05, 0) is 86.4 Å². The first-order valence-corrected chi connectivity index (χ1v) is 8.21. The van der Waals surface area contributed by atoms with Gasteiger partial charge in [0.1, 0.15) is 11.6 Å². The highest BCUT2D eigenvalue weighted by Gasteiger charge is 2.54. The van der Waals surface area contributed by atoms with Crippen molar-refractivity contribution in [3.63, 3.8) is 0 Å².